The molecule has 0 aromatic heterocycles. The molecule has 1 rings (SSSR count). The van der Waals surface area contributed by atoms with E-state index in [1.165, 1.54) is 19.3 Å². The first kappa shape index (κ1) is 11.5. The topological polar surface area (TPSA) is 40.5 Å². The number of carboxylic acids is 1. The van der Waals surface area contributed by atoms with Gasteiger partial charge in [-0.1, -0.05) is 26.7 Å². The molecule has 1 aliphatic carbocycles. The van der Waals surface area contributed by atoms with Crippen LogP contribution in [0.25, 0.3) is 0 Å². The van der Waals surface area contributed by atoms with Crippen molar-refractivity contribution in [1.82, 2.24) is 4.90 Å². The van der Waals surface area contributed by atoms with Gasteiger partial charge in [-0.2, -0.15) is 0 Å². The largest absolute Gasteiger partial charge is 0.481 e. The molecule has 1 fully saturated rings. The Morgan fingerprint density at radius 3 is 2.64 bits per heavy atom. The second kappa shape index (κ2) is 5.35. The van der Waals surface area contributed by atoms with Gasteiger partial charge in [-0.25, -0.2) is 0 Å². The third-order valence-electron chi connectivity index (χ3n) is 2.95. The second-order valence-electron chi connectivity index (χ2n) is 4.36. The number of nitrogens with zero attached hydrogens (tertiary/aromatic N) is 1. The molecule has 0 bridgehead atoms. The molecule has 0 aliphatic heterocycles. The van der Waals surface area contributed by atoms with E-state index in [4.69, 9.17) is 5.11 Å². The van der Waals surface area contributed by atoms with Crippen LogP contribution in [-0.2, 0) is 4.79 Å². The molecule has 3 nitrogen and oxygen atoms in total. The molecule has 3 heteroatoms. The van der Waals surface area contributed by atoms with E-state index < -0.39 is 5.97 Å². The molecule has 0 aromatic carbocycles. The summed E-state index contributed by atoms with van der Waals surface area (Å²) in [5.74, 6) is 0.00760. The molecular formula is C11H21NO2. The Morgan fingerprint density at radius 2 is 2.21 bits per heavy atom. The van der Waals surface area contributed by atoms with Gasteiger partial charge in [-0.05, 0) is 25.4 Å². The SMILES string of the molecule is CCN(CCC1CC1)CC(C)C(=O)O. The summed E-state index contributed by atoms with van der Waals surface area (Å²) < 4.78 is 0. The fourth-order valence-corrected chi connectivity index (χ4v) is 1.62. The van der Waals surface area contributed by atoms with Gasteiger partial charge in [0, 0.05) is 6.54 Å². The molecule has 1 N–H and O–H groups in total. The first-order valence-corrected chi connectivity index (χ1v) is 5.58. The van der Waals surface area contributed by atoms with Gasteiger partial charge in [-0.3, -0.25) is 4.79 Å². The zero-order valence-electron chi connectivity index (χ0n) is 9.20. The van der Waals surface area contributed by atoms with E-state index in [1.807, 2.05) is 0 Å². The van der Waals surface area contributed by atoms with Crippen LogP contribution in [0.2, 0.25) is 0 Å². The van der Waals surface area contributed by atoms with Crippen molar-refractivity contribution in [3.63, 3.8) is 0 Å². The quantitative estimate of drug-likeness (QED) is 0.680. The van der Waals surface area contributed by atoms with Gasteiger partial charge >= 0.3 is 5.97 Å². The van der Waals surface area contributed by atoms with Gasteiger partial charge < -0.3 is 10.0 Å². The molecule has 1 saturated carbocycles. The predicted octanol–water partition coefficient (Wildman–Crippen LogP) is 1.83. The summed E-state index contributed by atoms with van der Waals surface area (Å²) in [5.41, 5.74) is 0. The molecular weight excluding hydrogens is 178 g/mol. The molecule has 14 heavy (non-hydrogen) atoms. The first-order chi connectivity index (χ1) is 6.63. The second-order valence-corrected chi connectivity index (χ2v) is 4.36. The highest BCUT2D eigenvalue weighted by molar-refractivity contribution is 5.69. The Morgan fingerprint density at radius 1 is 1.57 bits per heavy atom. The average molecular weight is 199 g/mol. The fourth-order valence-electron chi connectivity index (χ4n) is 1.62. The van der Waals surface area contributed by atoms with Crippen LogP contribution >= 0.6 is 0 Å². The number of carboxylic acid groups (broad SMARTS) is 1. The van der Waals surface area contributed by atoms with E-state index >= 15 is 0 Å². The van der Waals surface area contributed by atoms with E-state index in [9.17, 15) is 4.79 Å². The fraction of sp³-hybridized carbons (Fsp3) is 0.909. The van der Waals surface area contributed by atoms with Crippen LogP contribution in [0.1, 0.15) is 33.1 Å². The van der Waals surface area contributed by atoms with Crippen LogP contribution in [0.4, 0.5) is 0 Å². The third kappa shape index (κ3) is 4.09. The molecule has 1 unspecified atom stereocenters. The monoisotopic (exact) mass is 199 g/mol. The highest BCUT2D eigenvalue weighted by Crippen LogP contribution is 2.32. The van der Waals surface area contributed by atoms with Crippen molar-refractivity contribution < 1.29 is 9.90 Å². The summed E-state index contributed by atoms with van der Waals surface area (Å²) in [6.07, 6.45) is 4.01. The Hall–Kier alpha value is -0.570. The van der Waals surface area contributed by atoms with E-state index in [0.29, 0.717) is 6.54 Å². The van der Waals surface area contributed by atoms with Gasteiger partial charge in [-0.15, -0.1) is 0 Å². The predicted molar refractivity (Wildman–Crippen MR) is 56.3 cm³/mol. The van der Waals surface area contributed by atoms with Crippen LogP contribution in [0.3, 0.4) is 0 Å². The molecule has 0 heterocycles. The van der Waals surface area contributed by atoms with Crippen molar-refractivity contribution >= 4 is 5.97 Å². The number of aliphatic carboxylic acids is 1. The zero-order chi connectivity index (χ0) is 10.6. The number of hydrogen-bond donors (Lipinski definition) is 1. The van der Waals surface area contributed by atoms with Crippen molar-refractivity contribution in [1.29, 1.82) is 0 Å². The smallest absolute Gasteiger partial charge is 0.307 e. The number of carbonyl (C=O) groups is 1. The minimum Gasteiger partial charge on any atom is -0.481 e. The van der Waals surface area contributed by atoms with Gasteiger partial charge in [0.1, 0.15) is 0 Å². The molecule has 1 atom stereocenters. The van der Waals surface area contributed by atoms with E-state index in [-0.39, 0.29) is 5.92 Å². The lowest BCUT2D eigenvalue weighted by Crippen LogP contribution is -2.32. The molecule has 1 aliphatic rings. The van der Waals surface area contributed by atoms with Crippen molar-refractivity contribution in [2.45, 2.75) is 33.1 Å². The lowest BCUT2D eigenvalue weighted by atomic mass is 10.1. The van der Waals surface area contributed by atoms with Crippen LogP contribution in [0.5, 0.6) is 0 Å². The summed E-state index contributed by atoms with van der Waals surface area (Å²) in [4.78, 5) is 12.9. The lowest BCUT2D eigenvalue weighted by molar-refractivity contribution is -0.141. The standard InChI is InChI=1S/C11H21NO2/c1-3-12(7-6-10-4-5-10)8-9(2)11(13)14/h9-10H,3-8H2,1-2H3,(H,13,14). The lowest BCUT2D eigenvalue weighted by Gasteiger charge is -2.22. The van der Waals surface area contributed by atoms with E-state index in [2.05, 4.69) is 11.8 Å². The number of rotatable bonds is 7. The Kier molecular flexibility index (Phi) is 4.39. The maximum Gasteiger partial charge on any atom is 0.307 e. The summed E-state index contributed by atoms with van der Waals surface area (Å²) >= 11 is 0. The Labute approximate surface area is 86.1 Å². The summed E-state index contributed by atoms with van der Waals surface area (Å²) in [6, 6.07) is 0. The molecule has 0 spiro atoms. The van der Waals surface area contributed by atoms with E-state index in [1.54, 1.807) is 6.92 Å². The van der Waals surface area contributed by atoms with Crippen LogP contribution in [0.15, 0.2) is 0 Å². The maximum atomic E-state index is 10.7. The Balaban J connectivity index is 2.18. The van der Waals surface area contributed by atoms with Crippen molar-refractivity contribution in [3.05, 3.63) is 0 Å². The molecule has 0 radical (unpaired) electrons. The number of hydrogen-bond acceptors (Lipinski definition) is 2. The van der Waals surface area contributed by atoms with Crippen molar-refractivity contribution in [2.75, 3.05) is 19.6 Å². The first-order valence-electron chi connectivity index (χ1n) is 5.58. The summed E-state index contributed by atoms with van der Waals surface area (Å²) in [7, 11) is 0. The molecule has 0 aromatic rings. The average Bonchev–Trinajstić information content (AvgIpc) is 2.95. The summed E-state index contributed by atoms with van der Waals surface area (Å²) in [6.45, 7) is 6.60. The zero-order valence-corrected chi connectivity index (χ0v) is 9.20. The van der Waals surface area contributed by atoms with Crippen molar-refractivity contribution in [2.24, 2.45) is 11.8 Å². The van der Waals surface area contributed by atoms with Gasteiger partial charge in [0.2, 0.25) is 0 Å². The van der Waals surface area contributed by atoms with Gasteiger partial charge in [0.15, 0.2) is 0 Å². The van der Waals surface area contributed by atoms with Crippen LogP contribution < -0.4 is 0 Å². The van der Waals surface area contributed by atoms with Crippen molar-refractivity contribution in [3.8, 4) is 0 Å². The molecule has 0 saturated heterocycles. The van der Waals surface area contributed by atoms with Gasteiger partial charge in [0.05, 0.1) is 5.92 Å². The summed E-state index contributed by atoms with van der Waals surface area (Å²) in [5, 5.41) is 8.79. The maximum absolute atomic E-state index is 10.7. The van der Waals surface area contributed by atoms with Crippen LogP contribution in [-0.4, -0.2) is 35.6 Å². The van der Waals surface area contributed by atoms with Gasteiger partial charge in [0.25, 0.3) is 0 Å². The highest BCUT2D eigenvalue weighted by atomic mass is 16.4. The third-order valence-corrected chi connectivity index (χ3v) is 2.95. The van der Waals surface area contributed by atoms with Crippen LogP contribution in [0, 0.1) is 11.8 Å². The normalized spacial score (nSPS) is 18.5. The molecule has 0 amide bonds. The van der Waals surface area contributed by atoms with E-state index in [0.717, 1.165) is 19.0 Å². The molecule has 82 valence electrons. The highest BCUT2D eigenvalue weighted by Gasteiger charge is 2.22. The minimum atomic E-state index is -0.685. The Bertz CT molecular complexity index is 190. The minimum absolute atomic E-state index is 0.242.